The Bertz CT molecular complexity index is 1290. The minimum Gasteiger partial charge on any atom is -0.491 e. The van der Waals surface area contributed by atoms with Gasteiger partial charge in [0, 0.05) is 24.2 Å². The third-order valence-corrected chi connectivity index (χ3v) is 4.81. The maximum atomic E-state index is 12.5. The van der Waals surface area contributed by atoms with Gasteiger partial charge in [-0.25, -0.2) is 14.6 Å². The molecule has 0 unspecified atom stereocenters. The molecule has 0 fully saturated rings. The molecular formula is C24H26N6O3. The molecule has 0 saturated carbocycles. The standard InChI is InChI=1S/C24H26N6O3/c1-4-33-20-13-25-23(26-14-20)18-7-5-6-17(10-18)11-21-22(31)8-9-30(28-21)19-12-27-29(15-19)16-24(2,3)32/h5-10,12-15,32H,4,11,16H2,1-3H3. The van der Waals surface area contributed by atoms with Gasteiger partial charge in [-0.1, -0.05) is 18.2 Å². The molecule has 1 N–H and O–H groups in total. The lowest BCUT2D eigenvalue weighted by molar-refractivity contribution is 0.0577. The van der Waals surface area contributed by atoms with Crippen molar-refractivity contribution in [2.24, 2.45) is 0 Å². The predicted molar refractivity (Wildman–Crippen MR) is 123 cm³/mol. The summed E-state index contributed by atoms with van der Waals surface area (Å²) in [4.78, 5) is 21.2. The van der Waals surface area contributed by atoms with Crippen LogP contribution in [0, 0.1) is 0 Å². The molecule has 0 radical (unpaired) electrons. The van der Waals surface area contributed by atoms with E-state index in [0.29, 0.717) is 42.5 Å². The summed E-state index contributed by atoms with van der Waals surface area (Å²) in [5.41, 5.74) is 1.86. The molecule has 0 spiro atoms. The zero-order valence-corrected chi connectivity index (χ0v) is 18.8. The summed E-state index contributed by atoms with van der Waals surface area (Å²) < 4.78 is 8.66. The van der Waals surface area contributed by atoms with Gasteiger partial charge in [0.25, 0.3) is 0 Å². The van der Waals surface area contributed by atoms with Gasteiger partial charge in [0.15, 0.2) is 11.6 Å². The van der Waals surface area contributed by atoms with Gasteiger partial charge in [-0.05, 0) is 32.4 Å². The molecule has 4 rings (SSSR count). The van der Waals surface area contributed by atoms with Crippen molar-refractivity contribution in [1.29, 1.82) is 0 Å². The van der Waals surface area contributed by atoms with Crippen molar-refractivity contribution in [2.75, 3.05) is 6.61 Å². The lowest BCUT2D eigenvalue weighted by atomic mass is 10.1. The largest absolute Gasteiger partial charge is 0.491 e. The summed E-state index contributed by atoms with van der Waals surface area (Å²) in [7, 11) is 0. The Kier molecular flexibility index (Phi) is 6.32. The Labute approximate surface area is 191 Å². The molecule has 0 atom stereocenters. The number of aliphatic hydroxyl groups is 1. The van der Waals surface area contributed by atoms with Crippen LogP contribution < -0.4 is 10.2 Å². The van der Waals surface area contributed by atoms with E-state index in [0.717, 1.165) is 11.1 Å². The monoisotopic (exact) mass is 446 g/mol. The van der Waals surface area contributed by atoms with E-state index in [1.54, 1.807) is 54.2 Å². The molecule has 170 valence electrons. The number of aromatic nitrogens is 6. The second-order valence-electron chi connectivity index (χ2n) is 8.33. The summed E-state index contributed by atoms with van der Waals surface area (Å²) in [6, 6.07) is 9.22. The van der Waals surface area contributed by atoms with E-state index < -0.39 is 5.60 Å². The second kappa shape index (κ2) is 9.33. The molecule has 0 amide bonds. The molecule has 0 aliphatic heterocycles. The van der Waals surface area contributed by atoms with Gasteiger partial charge in [-0.3, -0.25) is 9.48 Å². The number of rotatable bonds is 8. The van der Waals surface area contributed by atoms with E-state index in [-0.39, 0.29) is 5.43 Å². The predicted octanol–water partition coefficient (Wildman–Crippen LogP) is 2.65. The molecule has 4 aromatic rings. The second-order valence-corrected chi connectivity index (χ2v) is 8.33. The maximum absolute atomic E-state index is 12.5. The van der Waals surface area contributed by atoms with E-state index in [9.17, 15) is 9.90 Å². The molecule has 0 bridgehead atoms. The van der Waals surface area contributed by atoms with Crippen molar-refractivity contribution in [3.8, 4) is 22.8 Å². The van der Waals surface area contributed by atoms with Crippen molar-refractivity contribution in [2.45, 2.75) is 39.3 Å². The SMILES string of the molecule is CCOc1cnc(-c2cccc(Cc3nn(-c4cnn(CC(C)(C)O)c4)ccc3=O)c2)nc1. The first-order valence-corrected chi connectivity index (χ1v) is 10.7. The lowest BCUT2D eigenvalue weighted by Gasteiger charge is -2.16. The summed E-state index contributed by atoms with van der Waals surface area (Å²) >= 11 is 0. The van der Waals surface area contributed by atoms with Gasteiger partial charge in [-0.2, -0.15) is 10.2 Å². The Balaban J connectivity index is 1.56. The summed E-state index contributed by atoms with van der Waals surface area (Å²) in [6.07, 6.45) is 8.70. The zero-order chi connectivity index (χ0) is 23.4. The van der Waals surface area contributed by atoms with Crippen LogP contribution in [0.4, 0.5) is 0 Å². The summed E-state index contributed by atoms with van der Waals surface area (Å²) in [5, 5.41) is 18.8. The minimum atomic E-state index is -0.885. The molecular weight excluding hydrogens is 420 g/mol. The highest BCUT2D eigenvalue weighted by atomic mass is 16.5. The van der Waals surface area contributed by atoms with Gasteiger partial charge < -0.3 is 9.84 Å². The zero-order valence-electron chi connectivity index (χ0n) is 18.8. The van der Waals surface area contributed by atoms with Crippen LogP contribution in [0.25, 0.3) is 17.1 Å². The normalized spacial score (nSPS) is 11.5. The van der Waals surface area contributed by atoms with Crippen LogP contribution in [0.1, 0.15) is 32.0 Å². The van der Waals surface area contributed by atoms with Crippen molar-refractivity contribution in [3.63, 3.8) is 0 Å². The topological polar surface area (TPSA) is 108 Å². The van der Waals surface area contributed by atoms with E-state index in [2.05, 4.69) is 20.2 Å². The van der Waals surface area contributed by atoms with Crippen molar-refractivity contribution < 1.29 is 9.84 Å². The Morgan fingerprint density at radius 3 is 2.64 bits per heavy atom. The van der Waals surface area contributed by atoms with Crippen LogP contribution >= 0.6 is 0 Å². The van der Waals surface area contributed by atoms with Crippen LogP contribution in [-0.4, -0.2) is 46.8 Å². The van der Waals surface area contributed by atoms with Gasteiger partial charge >= 0.3 is 0 Å². The molecule has 0 saturated heterocycles. The number of benzene rings is 1. The fourth-order valence-electron chi connectivity index (χ4n) is 3.39. The number of hydrogen-bond acceptors (Lipinski definition) is 7. The van der Waals surface area contributed by atoms with Crippen molar-refractivity contribution in [1.82, 2.24) is 29.5 Å². The highest BCUT2D eigenvalue weighted by Gasteiger charge is 2.15. The van der Waals surface area contributed by atoms with Gasteiger partial charge in [0.05, 0.1) is 43.5 Å². The van der Waals surface area contributed by atoms with Gasteiger partial charge in [-0.15, -0.1) is 0 Å². The Morgan fingerprint density at radius 2 is 1.91 bits per heavy atom. The third kappa shape index (κ3) is 5.69. The van der Waals surface area contributed by atoms with Crippen LogP contribution in [0.15, 0.2) is 66.1 Å². The van der Waals surface area contributed by atoms with Crippen LogP contribution in [0.5, 0.6) is 5.75 Å². The molecule has 3 aromatic heterocycles. The van der Waals surface area contributed by atoms with E-state index in [1.807, 2.05) is 31.2 Å². The number of ether oxygens (including phenoxy) is 1. The highest BCUT2D eigenvalue weighted by molar-refractivity contribution is 5.56. The maximum Gasteiger partial charge on any atom is 0.203 e. The molecule has 1 aromatic carbocycles. The van der Waals surface area contributed by atoms with Crippen molar-refractivity contribution in [3.05, 3.63) is 82.8 Å². The highest BCUT2D eigenvalue weighted by Crippen LogP contribution is 2.19. The average molecular weight is 447 g/mol. The fourth-order valence-corrected chi connectivity index (χ4v) is 3.39. The minimum absolute atomic E-state index is 0.141. The molecule has 9 nitrogen and oxygen atoms in total. The van der Waals surface area contributed by atoms with Gasteiger partial charge in [0.2, 0.25) is 5.43 Å². The lowest BCUT2D eigenvalue weighted by Crippen LogP contribution is -2.26. The molecule has 0 aliphatic carbocycles. The van der Waals surface area contributed by atoms with E-state index in [4.69, 9.17) is 4.74 Å². The first-order valence-electron chi connectivity index (χ1n) is 10.7. The Morgan fingerprint density at radius 1 is 1.12 bits per heavy atom. The number of nitrogens with zero attached hydrogens (tertiary/aromatic N) is 6. The third-order valence-electron chi connectivity index (χ3n) is 4.81. The first kappa shape index (κ1) is 22.3. The summed E-state index contributed by atoms with van der Waals surface area (Å²) in [5.74, 6) is 1.20. The van der Waals surface area contributed by atoms with E-state index >= 15 is 0 Å². The molecule has 33 heavy (non-hydrogen) atoms. The molecule has 0 aliphatic rings. The number of hydrogen-bond donors (Lipinski definition) is 1. The average Bonchev–Trinajstić information content (AvgIpc) is 3.23. The summed E-state index contributed by atoms with van der Waals surface area (Å²) in [6.45, 7) is 6.25. The van der Waals surface area contributed by atoms with Gasteiger partial charge in [0.1, 0.15) is 11.4 Å². The molecule has 9 heteroatoms. The quantitative estimate of drug-likeness (QED) is 0.443. The smallest absolute Gasteiger partial charge is 0.203 e. The van der Waals surface area contributed by atoms with Crippen molar-refractivity contribution >= 4 is 0 Å². The molecule has 3 heterocycles. The van der Waals surface area contributed by atoms with Crippen LogP contribution in [0.3, 0.4) is 0 Å². The van der Waals surface area contributed by atoms with Crippen LogP contribution in [0.2, 0.25) is 0 Å². The fraction of sp³-hybridized carbons (Fsp3) is 0.292. The Hall–Kier alpha value is -3.85. The first-order chi connectivity index (χ1) is 15.8. The van der Waals surface area contributed by atoms with E-state index in [1.165, 1.54) is 6.07 Å². The van der Waals surface area contributed by atoms with Crippen LogP contribution in [-0.2, 0) is 13.0 Å².